The number of hydrogen-bond acceptors (Lipinski definition) is 4. The summed E-state index contributed by atoms with van der Waals surface area (Å²) in [5.74, 6) is -0.149. The fourth-order valence-electron chi connectivity index (χ4n) is 2.23. The molecule has 126 valence electrons. The summed E-state index contributed by atoms with van der Waals surface area (Å²) >= 11 is 0. The molecule has 2 amide bonds. The normalized spacial score (nSPS) is 18.4. The van der Waals surface area contributed by atoms with Crippen LogP contribution in [0.1, 0.15) is 31.1 Å². The fraction of sp³-hybridized carbons (Fsp3) is 0.529. The van der Waals surface area contributed by atoms with Gasteiger partial charge in [-0.2, -0.15) is 0 Å². The molecular weight excluding hydrogens is 296 g/mol. The van der Waals surface area contributed by atoms with E-state index in [1.54, 1.807) is 17.0 Å². The molecule has 1 aromatic rings. The number of carbonyl (C=O) groups is 2. The molecule has 2 rings (SSSR count). The van der Waals surface area contributed by atoms with E-state index in [0.29, 0.717) is 31.8 Å². The quantitative estimate of drug-likeness (QED) is 0.925. The van der Waals surface area contributed by atoms with Gasteiger partial charge in [0.15, 0.2) is 0 Å². The average Bonchev–Trinajstić information content (AvgIpc) is 2.52. The lowest BCUT2D eigenvalue weighted by Crippen LogP contribution is -2.50. The first-order valence-corrected chi connectivity index (χ1v) is 7.78. The highest BCUT2D eigenvalue weighted by Crippen LogP contribution is 2.13. The van der Waals surface area contributed by atoms with Crippen LogP contribution < -0.4 is 5.32 Å². The van der Waals surface area contributed by atoms with E-state index in [1.165, 1.54) is 0 Å². The van der Waals surface area contributed by atoms with Gasteiger partial charge >= 0.3 is 6.09 Å². The number of rotatable bonds is 3. The van der Waals surface area contributed by atoms with Crippen LogP contribution in [-0.2, 0) is 9.47 Å². The first kappa shape index (κ1) is 17.3. The molecule has 0 aliphatic carbocycles. The van der Waals surface area contributed by atoms with Crippen molar-refractivity contribution in [3.8, 4) is 0 Å². The Labute approximate surface area is 136 Å². The number of carbonyl (C=O) groups excluding carboxylic acids is 2. The number of nitrogens with one attached hydrogen (secondary N) is 1. The van der Waals surface area contributed by atoms with Gasteiger partial charge in [-0.05, 0) is 32.9 Å². The monoisotopic (exact) mass is 320 g/mol. The number of amides is 2. The van der Waals surface area contributed by atoms with Gasteiger partial charge in [0, 0.05) is 18.7 Å². The van der Waals surface area contributed by atoms with Crippen LogP contribution in [0.2, 0.25) is 0 Å². The van der Waals surface area contributed by atoms with Crippen molar-refractivity contribution < 1.29 is 19.1 Å². The van der Waals surface area contributed by atoms with Gasteiger partial charge in [-0.3, -0.25) is 4.79 Å². The molecule has 23 heavy (non-hydrogen) atoms. The van der Waals surface area contributed by atoms with Crippen molar-refractivity contribution in [3.63, 3.8) is 0 Å². The third-order valence-electron chi connectivity index (χ3n) is 3.32. The summed E-state index contributed by atoms with van der Waals surface area (Å²) in [7, 11) is 0. The van der Waals surface area contributed by atoms with Crippen LogP contribution >= 0.6 is 0 Å². The van der Waals surface area contributed by atoms with Crippen molar-refractivity contribution in [2.24, 2.45) is 0 Å². The Bertz CT molecular complexity index is 539. The summed E-state index contributed by atoms with van der Waals surface area (Å²) in [4.78, 5) is 25.7. The van der Waals surface area contributed by atoms with Crippen LogP contribution in [0.5, 0.6) is 0 Å². The second-order valence-corrected chi connectivity index (χ2v) is 6.50. The summed E-state index contributed by atoms with van der Waals surface area (Å²) < 4.78 is 11.0. The summed E-state index contributed by atoms with van der Waals surface area (Å²) in [6.07, 6.45) is -0.580. The SMILES string of the molecule is CC(C)(C)OC(=O)N1CCOC(CNC(=O)c2ccccc2)C1. The maximum Gasteiger partial charge on any atom is 0.410 e. The van der Waals surface area contributed by atoms with Gasteiger partial charge < -0.3 is 19.7 Å². The number of ether oxygens (including phenoxy) is 2. The zero-order valence-electron chi connectivity index (χ0n) is 13.9. The number of nitrogens with zero attached hydrogens (tertiary/aromatic N) is 1. The fourth-order valence-corrected chi connectivity index (χ4v) is 2.23. The molecule has 1 unspecified atom stereocenters. The van der Waals surface area contributed by atoms with Gasteiger partial charge in [0.2, 0.25) is 0 Å². The van der Waals surface area contributed by atoms with Crippen LogP contribution in [-0.4, -0.2) is 54.8 Å². The zero-order valence-corrected chi connectivity index (χ0v) is 13.9. The molecule has 1 aliphatic rings. The van der Waals surface area contributed by atoms with Crippen molar-refractivity contribution >= 4 is 12.0 Å². The van der Waals surface area contributed by atoms with Gasteiger partial charge in [-0.15, -0.1) is 0 Å². The Kier molecular flexibility index (Phi) is 5.60. The molecule has 1 aromatic carbocycles. The molecule has 0 aromatic heterocycles. The summed E-state index contributed by atoms with van der Waals surface area (Å²) in [6.45, 7) is 7.20. The van der Waals surface area contributed by atoms with E-state index in [2.05, 4.69) is 5.32 Å². The summed E-state index contributed by atoms with van der Waals surface area (Å²) in [5, 5.41) is 2.83. The van der Waals surface area contributed by atoms with E-state index in [1.807, 2.05) is 39.0 Å². The smallest absolute Gasteiger partial charge is 0.410 e. The minimum Gasteiger partial charge on any atom is -0.444 e. The van der Waals surface area contributed by atoms with Crippen molar-refractivity contribution in [1.29, 1.82) is 0 Å². The molecule has 1 saturated heterocycles. The molecule has 1 fully saturated rings. The lowest BCUT2D eigenvalue weighted by Gasteiger charge is -2.34. The molecule has 0 radical (unpaired) electrons. The number of hydrogen-bond donors (Lipinski definition) is 1. The molecule has 0 spiro atoms. The Balaban J connectivity index is 1.82. The Morgan fingerprint density at radius 1 is 1.30 bits per heavy atom. The number of benzene rings is 1. The highest BCUT2D eigenvalue weighted by atomic mass is 16.6. The van der Waals surface area contributed by atoms with E-state index >= 15 is 0 Å². The maximum absolute atomic E-state index is 12.1. The topological polar surface area (TPSA) is 67.9 Å². The van der Waals surface area contributed by atoms with Crippen molar-refractivity contribution in [3.05, 3.63) is 35.9 Å². The molecule has 1 atom stereocenters. The van der Waals surface area contributed by atoms with Gasteiger partial charge in [-0.1, -0.05) is 18.2 Å². The molecule has 1 N–H and O–H groups in total. The van der Waals surface area contributed by atoms with E-state index in [0.717, 1.165) is 0 Å². The van der Waals surface area contributed by atoms with E-state index < -0.39 is 5.60 Å². The predicted molar refractivity (Wildman–Crippen MR) is 86.3 cm³/mol. The largest absolute Gasteiger partial charge is 0.444 e. The summed E-state index contributed by atoms with van der Waals surface area (Å²) in [6, 6.07) is 9.00. The number of morpholine rings is 1. The zero-order chi connectivity index (χ0) is 16.9. The average molecular weight is 320 g/mol. The highest BCUT2D eigenvalue weighted by Gasteiger charge is 2.28. The van der Waals surface area contributed by atoms with E-state index in [4.69, 9.17) is 9.47 Å². The third-order valence-corrected chi connectivity index (χ3v) is 3.32. The molecule has 6 heteroatoms. The van der Waals surface area contributed by atoms with Crippen LogP contribution in [0.4, 0.5) is 4.79 Å². The third kappa shape index (κ3) is 5.56. The molecule has 6 nitrogen and oxygen atoms in total. The second kappa shape index (κ2) is 7.46. The minimum absolute atomic E-state index is 0.149. The van der Waals surface area contributed by atoms with Crippen LogP contribution in [0, 0.1) is 0 Å². The molecular formula is C17H24N2O4. The van der Waals surface area contributed by atoms with Crippen LogP contribution in [0.25, 0.3) is 0 Å². The van der Waals surface area contributed by atoms with Crippen molar-refractivity contribution in [2.75, 3.05) is 26.2 Å². The van der Waals surface area contributed by atoms with E-state index in [9.17, 15) is 9.59 Å². The van der Waals surface area contributed by atoms with Crippen molar-refractivity contribution in [2.45, 2.75) is 32.5 Å². The lowest BCUT2D eigenvalue weighted by molar-refractivity contribution is -0.0404. The molecule has 1 aliphatic heterocycles. The molecule has 0 saturated carbocycles. The molecule has 1 heterocycles. The van der Waals surface area contributed by atoms with Crippen LogP contribution in [0.3, 0.4) is 0 Å². The Hall–Kier alpha value is -2.08. The van der Waals surface area contributed by atoms with Gasteiger partial charge in [0.05, 0.1) is 19.3 Å². The highest BCUT2D eigenvalue weighted by molar-refractivity contribution is 5.94. The predicted octanol–water partition coefficient (Wildman–Crippen LogP) is 2.05. The first-order valence-electron chi connectivity index (χ1n) is 7.78. The molecule has 0 bridgehead atoms. The standard InChI is InChI=1S/C17H24N2O4/c1-17(2,3)23-16(21)19-9-10-22-14(12-19)11-18-15(20)13-7-5-4-6-8-13/h4-8,14H,9-12H2,1-3H3,(H,18,20). The minimum atomic E-state index is -0.521. The Morgan fingerprint density at radius 3 is 2.65 bits per heavy atom. The van der Waals surface area contributed by atoms with Gasteiger partial charge in [0.25, 0.3) is 5.91 Å². The second-order valence-electron chi connectivity index (χ2n) is 6.50. The van der Waals surface area contributed by atoms with Gasteiger partial charge in [-0.25, -0.2) is 4.79 Å². The summed E-state index contributed by atoms with van der Waals surface area (Å²) in [5.41, 5.74) is 0.0826. The van der Waals surface area contributed by atoms with Gasteiger partial charge in [0.1, 0.15) is 5.60 Å². The Morgan fingerprint density at radius 2 is 2.00 bits per heavy atom. The first-order chi connectivity index (χ1) is 10.8. The lowest BCUT2D eigenvalue weighted by atomic mass is 10.2. The van der Waals surface area contributed by atoms with Crippen LogP contribution in [0.15, 0.2) is 30.3 Å². The maximum atomic E-state index is 12.1. The van der Waals surface area contributed by atoms with Crippen molar-refractivity contribution in [1.82, 2.24) is 10.2 Å². The van der Waals surface area contributed by atoms with E-state index in [-0.39, 0.29) is 18.1 Å².